The predicted molar refractivity (Wildman–Crippen MR) is 78.9 cm³/mol. The smallest absolute Gasteiger partial charge is 0.216 e. The maximum absolute atomic E-state index is 14.2. The van der Waals surface area contributed by atoms with Crippen LogP contribution in [-0.4, -0.2) is 30.2 Å². The SMILES string of the molecule is CCc1ncnc(Sc2nnnn2Cc2ccccc2)c1F. The Morgan fingerprint density at radius 2 is 2.00 bits per heavy atom. The minimum absolute atomic E-state index is 0.232. The minimum atomic E-state index is -0.413. The van der Waals surface area contributed by atoms with Gasteiger partial charge in [0.2, 0.25) is 5.16 Å². The molecule has 0 saturated carbocycles. The zero-order valence-corrected chi connectivity index (χ0v) is 12.7. The number of hydrogen-bond donors (Lipinski definition) is 0. The highest BCUT2D eigenvalue weighted by atomic mass is 32.2. The van der Waals surface area contributed by atoms with E-state index in [1.165, 1.54) is 6.33 Å². The van der Waals surface area contributed by atoms with Gasteiger partial charge in [-0.05, 0) is 34.2 Å². The average molecular weight is 316 g/mol. The Morgan fingerprint density at radius 3 is 2.77 bits per heavy atom. The second-order valence-electron chi connectivity index (χ2n) is 4.50. The van der Waals surface area contributed by atoms with Crippen molar-refractivity contribution in [1.29, 1.82) is 0 Å². The van der Waals surface area contributed by atoms with Gasteiger partial charge in [-0.3, -0.25) is 0 Å². The third kappa shape index (κ3) is 3.11. The first-order valence-electron chi connectivity index (χ1n) is 6.75. The summed E-state index contributed by atoms with van der Waals surface area (Å²) < 4.78 is 15.8. The summed E-state index contributed by atoms with van der Waals surface area (Å²) in [6, 6.07) is 9.81. The van der Waals surface area contributed by atoms with Gasteiger partial charge in [-0.1, -0.05) is 37.3 Å². The van der Waals surface area contributed by atoms with Crippen LogP contribution in [-0.2, 0) is 13.0 Å². The zero-order chi connectivity index (χ0) is 15.4. The van der Waals surface area contributed by atoms with Crippen LogP contribution in [0.1, 0.15) is 18.2 Å². The van der Waals surface area contributed by atoms with Crippen LogP contribution >= 0.6 is 11.8 Å². The van der Waals surface area contributed by atoms with Gasteiger partial charge in [-0.2, -0.15) is 0 Å². The van der Waals surface area contributed by atoms with Crippen LogP contribution in [0.5, 0.6) is 0 Å². The Kier molecular flexibility index (Phi) is 4.38. The molecule has 1 aromatic carbocycles. The number of halogens is 1. The number of rotatable bonds is 5. The van der Waals surface area contributed by atoms with E-state index >= 15 is 0 Å². The Balaban J connectivity index is 1.84. The van der Waals surface area contributed by atoms with Gasteiger partial charge < -0.3 is 0 Å². The molecule has 112 valence electrons. The minimum Gasteiger partial charge on any atom is -0.238 e. The third-order valence-electron chi connectivity index (χ3n) is 3.03. The van der Waals surface area contributed by atoms with Crippen molar-refractivity contribution < 1.29 is 4.39 Å². The first-order valence-corrected chi connectivity index (χ1v) is 7.57. The molecule has 22 heavy (non-hydrogen) atoms. The van der Waals surface area contributed by atoms with Crippen molar-refractivity contribution in [2.45, 2.75) is 30.1 Å². The number of hydrogen-bond acceptors (Lipinski definition) is 6. The van der Waals surface area contributed by atoms with Crippen LogP contribution in [0.15, 0.2) is 46.8 Å². The average Bonchev–Trinajstić information content (AvgIpc) is 2.97. The van der Waals surface area contributed by atoms with Crippen LogP contribution < -0.4 is 0 Å². The van der Waals surface area contributed by atoms with Crippen molar-refractivity contribution in [3.05, 3.63) is 53.7 Å². The maximum atomic E-state index is 14.2. The number of aromatic nitrogens is 6. The normalized spacial score (nSPS) is 10.8. The zero-order valence-electron chi connectivity index (χ0n) is 11.8. The lowest BCUT2D eigenvalue weighted by atomic mass is 10.2. The monoisotopic (exact) mass is 316 g/mol. The van der Waals surface area contributed by atoms with E-state index in [1.807, 2.05) is 37.3 Å². The second kappa shape index (κ2) is 6.61. The lowest BCUT2D eigenvalue weighted by molar-refractivity contribution is 0.557. The predicted octanol–water partition coefficient (Wildman–Crippen LogP) is 2.36. The van der Waals surface area contributed by atoms with Crippen LogP contribution in [0, 0.1) is 5.82 Å². The molecule has 0 aliphatic rings. The molecule has 0 fully saturated rings. The van der Waals surface area contributed by atoms with Gasteiger partial charge in [-0.15, -0.1) is 5.10 Å². The van der Waals surface area contributed by atoms with Crippen molar-refractivity contribution in [3.63, 3.8) is 0 Å². The van der Waals surface area contributed by atoms with Crippen molar-refractivity contribution >= 4 is 11.8 Å². The summed E-state index contributed by atoms with van der Waals surface area (Å²) in [4.78, 5) is 7.90. The standard InChI is InChI=1S/C14H13FN6S/c1-2-11-12(15)13(17-9-16-11)22-14-18-19-20-21(14)8-10-6-4-3-5-7-10/h3-7,9H,2,8H2,1H3. The fourth-order valence-electron chi connectivity index (χ4n) is 1.92. The lowest BCUT2D eigenvalue weighted by Gasteiger charge is -2.06. The van der Waals surface area contributed by atoms with Crippen molar-refractivity contribution in [2.75, 3.05) is 0 Å². The van der Waals surface area contributed by atoms with E-state index in [9.17, 15) is 4.39 Å². The molecular formula is C14H13FN6S. The van der Waals surface area contributed by atoms with Gasteiger partial charge in [0.15, 0.2) is 5.82 Å². The number of aryl methyl sites for hydroxylation is 1. The van der Waals surface area contributed by atoms with Crippen LogP contribution in [0.3, 0.4) is 0 Å². The fraction of sp³-hybridized carbons (Fsp3) is 0.214. The van der Waals surface area contributed by atoms with E-state index in [-0.39, 0.29) is 5.03 Å². The molecule has 0 unspecified atom stereocenters. The Hall–Kier alpha value is -2.35. The van der Waals surface area contributed by atoms with E-state index in [0.717, 1.165) is 17.3 Å². The van der Waals surface area contributed by atoms with Crippen LogP contribution in [0.4, 0.5) is 4.39 Å². The van der Waals surface area contributed by atoms with Gasteiger partial charge in [0.1, 0.15) is 11.4 Å². The Morgan fingerprint density at radius 1 is 1.18 bits per heavy atom. The third-order valence-corrected chi connectivity index (χ3v) is 3.98. The molecule has 0 bridgehead atoms. The molecule has 0 aliphatic heterocycles. The first-order chi connectivity index (χ1) is 10.8. The summed E-state index contributed by atoms with van der Waals surface area (Å²) in [6.07, 6.45) is 1.87. The second-order valence-corrected chi connectivity index (χ2v) is 5.46. The van der Waals surface area contributed by atoms with E-state index in [0.29, 0.717) is 23.8 Å². The molecule has 0 spiro atoms. The number of tetrazole rings is 1. The molecule has 2 heterocycles. The summed E-state index contributed by atoms with van der Waals surface area (Å²) in [6.45, 7) is 2.36. The molecule has 8 heteroatoms. The fourth-order valence-corrected chi connectivity index (χ4v) is 2.68. The molecule has 0 N–H and O–H groups in total. The maximum Gasteiger partial charge on any atom is 0.216 e. The highest BCUT2D eigenvalue weighted by Gasteiger charge is 2.15. The van der Waals surface area contributed by atoms with Crippen LogP contribution in [0.25, 0.3) is 0 Å². The van der Waals surface area contributed by atoms with Crippen molar-refractivity contribution in [3.8, 4) is 0 Å². The molecule has 3 aromatic rings. The molecule has 0 saturated heterocycles. The summed E-state index contributed by atoms with van der Waals surface area (Å²) in [5, 5.41) is 12.3. The molecule has 0 atom stereocenters. The quantitative estimate of drug-likeness (QED) is 0.673. The van der Waals surface area contributed by atoms with E-state index in [1.54, 1.807) is 4.68 Å². The van der Waals surface area contributed by atoms with E-state index in [4.69, 9.17) is 0 Å². The van der Waals surface area contributed by atoms with E-state index in [2.05, 4.69) is 25.5 Å². The number of benzene rings is 1. The van der Waals surface area contributed by atoms with Gasteiger partial charge in [0, 0.05) is 0 Å². The Bertz CT molecular complexity index is 761. The molecule has 0 amide bonds. The Labute approximate surface area is 130 Å². The van der Waals surface area contributed by atoms with Gasteiger partial charge >= 0.3 is 0 Å². The molecule has 6 nitrogen and oxygen atoms in total. The van der Waals surface area contributed by atoms with Crippen LogP contribution in [0.2, 0.25) is 0 Å². The molecule has 2 aromatic heterocycles. The lowest BCUT2D eigenvalue weighted by Crippen LogP contribution is -2.04. The van der Waals surface area contributed by atoms with E-state index < -0.39 is 5.82 Å². The molecule has 0 radical (unpaired) electrons. The van der Waals surface area contributed by atoms with Crippen molar-refractivity contribution in [2.24, 2.45) is 0 Å². The van der Waals surface area contributed by atoms with Crippen molar-refractivity contribution in [1.82, 2.24) is 30.2 Å². The topological polar surface area (TPSA) is 69.4 Å². The largest absolute Gasteiger partial charge is 0.238 e. The summed E-state index contributed by atoms with van der Waals surface area (Å²) in [5.74, 6) is -0.413. The van der Waals surface area contributed by atoms with Gasteiger partial charge in [0.25, 0.3) is 0 Å². The molecule has 0 aliphatic carbocycles. The highest BCUT2D eigenvalue weighted by Crippen LogP contribution is 2.27. The first kappa shape index (κ1) is 14.6. The summed E-state index contributed by atoms with van der Waals surface area (Å²) in [7, 11) is 0. The molecule has 3 rings (SSSR count). The molecular weight excluding hydrogens is 303 g/mol. The summed E-state index contributed by atoms with van der Waals surface area (Å²) in [5.41, 5.74) is 1.45. The summed E-state index contributed by atoms with van der Waals surface area (Å²) >= 11 is 1.10. The number of nitrogens with zero attached hydrogens (tertiary/aromatic N) is 6. The van der Waals surface area contributed by atoms with Gasteiger partial charge in [0.05, 0.1) is 12.2 Å². The highest BCUT2D eigenvalue weighted by molar-refractivity contribution is 7.99. The van der Waals surface area contributed by atoms with Gasteiger partial charge in [-0.25, -0.2) is 19.0 Å².